The van der Waals surface area contributed by atoms with E-state index in [0.29, 0.717) is 5.69 Å². The van der Waals surface area contributed by atoms with Crippen LogP contribution in [0.15, 0.2) is 59.8 Å². The van der Waals surface area contributed by atoms with E-state index in [1.165, 1.54) is 6.33 Å². The molecule has 7 heteroatoms. The van der Waals surface area contributed by atoms with Crippen LogP contribution in [0.5, 0.6) is 0 Å². The van der Waals surface area contributed by atoms with E-state index in [2.05, 4.69) is 19.7 Å². The summed E-state index contributed by atoms with van der Waals surface area (Å²) < 4.78 is 27.7. The van der Waals surface area contributed by atoms with Gasteiger partial charge in [0.25, 0.3) is 10.0 Å². The SMILES string of the molecule is Cc1ccc(S(=O)(=O)Nc2ccc(-c3ncnc4[nH]c(C)c(C)c34)cc2)cc1. The normalized spacial score (nSPS) is 11.7. The Balaban J connectivity index is 1.66. The van der Waals surface area contributed by atoms with Gasteiger partial charge in [-0.2, -0.15) is 0 Å². The molecular formula is C21H20N4O2S. The Morgan fingerprint density at radius 1 is 0.893 bits per heavy atom. The molecule has 0 aliphatic carbocycles. The molecule has 2 heterocycles. The van der Waals surface area contributed by atoms with E-state index in [9.17, 15) is 8.42 Å². The summed E-state index contributed by atoms with van der Waals surface area (Å²) in [5, 5.41) is 0.980. The fourth-order valence-electron chi connectivity index (χ4n) is 3.14. The maximum absolute atomic E-state index is 12.6. The van der Waals surface area contributed by atoms with Gasteiger partial charge in [0, 0.05) is 22.3 Å². The van der Waals surface area contributed by atoms with Crippen molar-refractivity contribution in [1.82, 2.24) is 15.0 Å². The van der Waals surface area contributed by atoms with Crippen LogP contribution in [0.1, 0.15) is 16.8 Å². The first-order valence-corrected chi connectivity index (χ1v) is 10.3. The molecule has 0 atom stereocenters. The lowest BCUT2D eigenvalue weighted by molar-refractivity contribution is 0.601. The van der Waals surface area contributed by atoms with Crippen LogP contribution in [-0.2, 0) is 10.0 Å². The highest BCUT2D eigenvalue weighted by molar-refractivity contribution is 7.92. The third-order valence-corrected chi connectivity index (χ3v) is 6.23. The molecule has 2 aromatic carbocycles. The van der Waals surface area contributed by atoms with Crippen LogP contribution in [0.2, 0.25) is 0 Å². The van der Waals surface area contributed by atoms with E-state index in [4.69, 9.17) is 0 Å². The standard InChI is InChI=1S/C21H20N4O2S/c1-13-4-10-18(11-5-13)28(26,27)25-17-8-6-16(7-9-17)20-19-14(2)15(3)24-21(19)23-12-22-20/h4-12,25H,1-3H3,(H,22,23,24). The summed E-state index contributed by atoms with van der Waals surface area (Å²) in [5.41, 5.74) is 6.18. The summed E-state index contributed by atoms with van der Waals surface area (Å²) in [7, 11) is -3.63. The Morgan fingerprint density at radius 3 is 2.25 bits per heavy atom. The number of benzene rings is 2. The van der Waals surface area contributed by atoms with Crippen molar-refractivity contribution in [2.45, 2.75) is 25.7 Å². The van der Waals surface area contributed by atoms with Crippen LogP contribution >= 0.6 is 0 Å². The van der Waals surface area contributed by atoms with Gasteiger partial charge in [0.05, 0.1) is 10.6 Å². The van der Waals surface area contributed by atoms with Gasteiger partial charge >= 0.3 is 0 Å². The van der Waals surface area contributed by atoms with Gasteiger partial charge < -0.3 is 4.98 Å². The minimum absolute atomic E-state index is 0.234. The van der Waals surface area contributed by atoms with E-state index in [-0.39, 0.29) is 4.90 Å². The number of aromatic nitrogens is 3. The van der Waals surface area contributed by atoms with Crippen LogP contribution in [-0.4, -0.2) is 23.4 Å². The second-order valence-corrected chi connectivity index (χ2v) is 8.50. The lowest BCUT2D eigenvalue weighted by atomic mass is 10.1. The third-order valence-electron chi connectivity index (χ3n) is 4.83. The highest BCUT2D eigenvalue weighted by atomic mass is 32.2. The predicted octanol–water partition coefficient (Wildman–Crippen LogP) is 4.35. The van der Waals surface area contributed by atoms with Crippen molar-refractivity contribution in [2.24, 2.45) is 0 Å². The van der Waals surface area contributed by atoms with Gasteiger partial charge in [0.2, 0.25) is 0 Å². The molecule has 2 N–H and O–H groups in total. The fourth-order valence-corrected chi connectivity index (χ4v) is 4.20. The van der Waals surface area contributed by atoms with Crippen molar-refractivity contribution in [3.05, 3.63) is 71.7 Å². The minimum atomic E-state index is -3.63. The zero-order valence-electron chi connectivity index (χ0n) is 15.8. The fraction of sp³-hybridized carbons (Fsp3) is 0.143. The molecule has 6 nitrogen and oxygen atoms in total. The molecule has 4 rings (SSSR count). The zero-order chi connectivity index (χ0) is 19.9. The van der Waals surface area contributed by atoms with Crippen LogP contribution < -0.4 is 4.72 Å². The first-order valence-electron chi connectivity index (χ1n) is 8.85. The minimum Gasteiger partial charge on any atom is -0.343 e. The average Bonchev–Trinajstić information content (AvgIpc) is 2.97. The van der Waals surface area contributed by atoms with Crippen molar-refractivity contribution in [1.29, 1.82) is 0 Å². The summed E-state index contributed by atoms with van der Waals surface area (Å²) in [4.78, 5) is 12.2. The van der Waals surface area contributed by atoms with Crippen LogP contribution in [0.3, 0.4) is 0 Å². The van der Waals surface area contributed by atoms with Crippen molar-refractivity contribution in [2.75, 3.05) is 4.72 Å². The van der Waals surface area contributed by atoms with Gasteiger partial charge in [-0.3, -0.25) is 4.72 Å². The highest BCUT2D eigenvalue weighted by Gasteiger charge is 2.15. The Bertz CT molecular complexity index is 1260. The maximum Gasteiger partial charge on any atom is 0.261 e. The molecular weight excluding hydrogens is 372 g/mol. The predicted molar refractivity (Wildman–Crippen MR) is 111 cm³/mol. The lowest BCUT2D eigenvalue weighted by Crippen LogP contribution is -2.12. The van der Waals surface area contributed by atoms with Crippen molar-refractivity contribution >= 4 is 26.7 Å². The topological polar surface area (TPSA) is 87.7 Å². The zero-order valence-corrected chi connectivity index (χ0v) is 16.6. The molecule has 0 bridgehead atoms. The Hall–Kier alpha value is -3.19. The number of nitrogens with one attached hydrogen (secondary N) is 2. The van der Waals surface area contributed by atoms with Gasteiger partial charge in [-0.05, 0) is 50.6 Å². The summed E-state index contributed by atoms with van der Waals surface area (Å²) in [6, 6.07) is 13.9. The number of aryl methyl sites for hydroxylation is 3. The number of anilines is 1. The molecule has 0 fully saturated rings. The second-order valence-electron chi connectivity index (χ2n) is 6.82. The Morgan fingerprint density at radius 2 is 1.57 bits per heavy atom. The van der Waals surface area contributed by atoms with Gasteiger partial charge in [0.15, 0.2) is 0 Å². The van der Waals surface area contributed by atoms with Crippen molar-refractivity contribution < 1.29 is 8.42 Å². The summed E-state index contributed by atoms with van der Waals surface area (Å²) in [5.74, 6) is 0. The van der Waals surface area contributed by atoms with Gasteiger partial charge in [0.1, 0.15) is 12.0 Å². The van der Waals surface area contributed by atoms with E-state index in [1.54, 1.807) is 36.4 Å². The molecule has 0 saturated carbocycles. The first kappa shape index (κ1) is 18.2. The highest BCUT2D eigenvalue weighted by Crippen LogP contribution is 2.30. The van der Waals surface area contributed by atoms with Gasteiger partial charge in [-0.15, -0.1) is 0 Å². The smallest absolute Gasteiger partial charge is 0.261 e. The van der Waals surface area contributed by atoms with Crippen molar-refractivity contribution in [3.8, 4) is 11.3 Å². The molecule has 0 spiro atoms. The molecule has 0 radical (unpaired) electrons. The molecule has 0 amide bonds. The largest absolute Gasteiger partial charge is 0.343 e. The number of aromatic amines is 1. The van der Waals surface area contributed by atoms with E-state index < -0.39 is 10.0 Å². The summed E-state index contributed by atoms with van der Waals surface area (Å²) >= 11 is 0. The van der Waals surface area contributed by atoms with Crippen LogP contribution in [0.25, 0.3) is 22.3 Å². The van der Waals surface area contributed by atoms with Crippen LogP contribution in [0, 0.1) is 20.8 Å². The molecule has 0 aliphatic rings. The quantitative estimate of drug-likeness (QED) is 0.540. The number of nitrogens with zero attached hydrogens (tertiary/aromatic N) is 2. The molecule has 4 aromatic rings. The summed E-state index contributed by atoms with van der Waals surface area (Å²) in [6.45, 7) is 5.95. The Labute approximate surface area is 163 Å². The van der Waals surface area contributed by atoms with Crippen molar-refractivity contribution in [3.63, 3.8) is 0 Å². The molecule has 0 saturated heterocycles. The van der Waals surface area contributed by atoms with Crippen LogP contribution in [0.4, 0.5) is 5.69 Å². The van der Waals surface area contributed by atoms with E-state index in [0.717, 1.165) is 39.1 Å². The van der Waals surface area contributed by atoms with E-state index >= 15 is 0 Å². The Kier molecular flexibility index (Phi) is 4.39. The molecule has 142 valence electrons. The van der Waals surface area contributed by atoms with E-state index in [1.807, 2.05) is 32.9 Å². The molecule has 0 aliphatic heterocycles. The third kappa shape index (κ3) is 3.25. The van der Waals surface area contributed by atoms with Gasteiger partial charge in [-0.1, -0.05) is 29.8 Å². The number of fused-ring (bicyclic) bond motifs is 1. The number of H-pyrrole nitrogens is 1. The maximum atomic E-state index is 12.6. The lowest BCUT2D eigenvalue weighted by Gasteiger charge is -2.09. The molecule has 0 unspecified atom stereocenters. The average molecular weight is 392 g/mol. The number of sulfonamides is 1. The molecule has 28 heavy (non-hydrogen) atoms. The second kappa shape index (κ2) is 6.76. The molecule has 2 aromatic heterocycles. The number of hydrogen-bond donors (Lipinski definition) is 2. The van der Waals surface area contributed by atoms with Gasteiger partial charge in [-0.25, -0.2) is 18.4 Å². The summed E-state index contributed by atoms with van der Waals surface area (Å²) in [6.07, 6.45) is 1.53. The first-order chi connectivity index (χ1) is 13.3. The number of rotatable bonds is 4. The monoisotopic (exact) mass is 392 g/mol. The number of hydrogen-bond acceptors (Lipinski definition) is 4.